The third-order valence-electron chi connectivity index (χ3n) is 2.32. The van der Waals surface area contributed by atoms with Crippen LogP contribution in [0.1, 0.15) is 45.2 Å². The molecule has 0 aliphatic carbocycles. The molecule has 0 aromatic carbocycles. The van der Waals surface area contributed by atoms with Gasteiger partial charge >= 0.3 is 0 Å². The molecule has 0 fully saturated rings. The predicted octanol–water partition coefficient (Wildman–Crippen LogP) is 2.06. The van der Waals surface area contributed by atoms with E-state index in [1.165, 1.54) is 0 Å². The Morgan fingerprint density at radius 2 is 1.88 bits per heavy atom. The van der Waals surface area contributed by atoms with E-state index in [0.29, 0.717) is 13.2 Å². The van der Waals surface area contributed by atoms with Gasteiger partial charge in [-0.1, -0.05) is 20.8 Å². The van der Waals surface area contributed by atoms with E-state index in [2.05, 4.69) is 30.7 Å². The van der Waals surface area contributed by atoms with Crippen molar-refractivity contribution in [2.24, 2.45) is 11.1 Å². The molecule has 16 heavy (non-hydrogen) atoms. The molecule has 0 aliphatic heterocycles. The Kier molecular flexibility index (Phi) is 4.38. The minimum absolute atomic E-state index is 0.0136. The highest BCUT2D eigenvalue weighted by atomic mass is 16.5. The fourth-order valence-electron chi connectivity index (χ4n) is 1.48. The maximum absolute atomic E-state index is 5.71. The number of rotatable bonds is 4. The van der Waals surface area contributed by atoms with Gasteiger partial charge in [-0.2, -0.15) is 0 Å². The van der Waals surface area contributed by atoms with Crippen LogP contribution in [-0.4, -0.2) is 16.6 Å². The molecule has 1 atom stereocenters. The van der Waals surface area contributed by atoms with Gasteiger partial charge in [0.05, 0.1) is 0 Å². The Morgan fingerprint density at radius 1 is 1.31 bits per heavy atom. The Hall–Kier alpha value is -1.00. The minimum Gasteiger partial charge on any atom is -0.370 e. The van der Waals surface area contributed by atoms with Crippen LogP contribution in [0.4, 0.5) is 0 Å². The van der Waals surface area contributed by atoms with Gasteiger partial charge in [0.2, 0.25) is 0 Å². The van der Waals surface area contributed by atoms with Gasteiger partial charge in [0.1, 0.15) is 6.10 Å². The lowest BCUT2D eigenvalue weighted by Crippen LogP contribution is -2.23. The van der Waals surface area contributed by atoms with Gasteiger partial charge in [0, 0.05) is 31.1 Å². The largest absolute Gasteiger partial charge is 0.370 e. The Morgan fingerprint density at radius 3 is 2.25 bits per heavy atom. The summed E-state index contributed by atoms with van der Waals surface area (Å²) in [4.78, 5) is 8.64. The SMILES string of the molecule is CCOC(c1ncc(CN)cn1)C(C)(C)C. The van der Waals surface area contributed by atoms with Crippen molar-refractivity contribution >= 4 is 0 Å². The fourth-order valence-corrected chi connectivity index (χ4v) is 1.48. The Bertz CT molecular complexity index is 316. The molecule has 1 unspecified atom stereocenters. The van der Waals surface area contributed by atoms with Crippen LogP contribution in [0.5, 0.6) is 0 Å². The van der Waals surface area contributed by atoms with Gasteiger partial charge in [0.25, 0.3) is 0 Å². The van der Waals surface area contributed by atoms with Crippen LogP contribution in [0.2, 0.25) is 0 Å². The van der Waals surface area contributed by atoms with E-state index in [9.17, 15) is 0 Å². The number of nitrogens with zero attached hydrogens (tertiary/aromatic N) is 2. The van der Waals surface area contributed by atoms with E-state index in [0.717, 1.165) is 11.4 Å². The smallest absolute Gasteiger partial charge is 0.157 e. The third kappa shape index (κ3) is 3.25. The van der Waals surface area contributed by atoms with Crippen LogP contribution in [0.15, 0.2) is 12.4 Å². The molecule has 0 bridgehead atoms. The highest BCUT2D eigenvalue weighted by molar-refractivity contribution is 5.07. The molecule has 0 aliphatic rings. The molecule has 1 heterocycles. The molecule has 90 valence electrons. The normalized spacial score (nSPS) is 13.8. The van der Waals surface area contributed by atoms with Gasteiger partial charge in [-0.15, -0.1) is 0 Å². The number of aromatic nitrogens is 2. The lowest BCUT2D eigenvalue weighted by molar-refractivity contribution is -0.0191. The molecule has 0 amide bonds. The maximum atomic E-state index is 5.71. The van der Waals surface area contributed by atoms with Crippen molar-refractivity contribution in [1.29, 1.82) is 0 Å². The zero-order chi connectivity index (χ0) is 12.2. The number of hydrogen-bond acceptors (Lipinski definition) is 4. The second kappa shape index (κ2) is 5.37. The van der Waals surface area contributed by atoms with E-state index >= 15 is 0 Å². The summed E-state index contributed by atoms with van der Waals surface area (Å²) in [5, 5.41) is 0. The Labute approximate surface area is 97.2 Å². The number of ether oxygens (including phenoxy) is 1. The number of hydrogen-bond donors (Lipinski definition) is 1. The molecule has 0 saturated heterocycles. The summed E-state index contributed by atoms with van der Waals surface area (Å²) in [6, 6.07) is 0. The van der Waals surface area contributed by atoms with Crippen LogP contribution in [0.3, 0.4) is 0 Å². The average Bonchev–Trinajstić information content (AvgIpc) is 2.25. The standard InChI is InChI=1S/C12H21N3O/c1-5-16-10(12(2,3)4)11-14-7-9(6-13)8-15-11/h7-8,10H,5-6,13H2,1-4H3. The molecule has 1 aromatic heterocycles. The molecule has 4 heteroatoms. The minimum atomic E-state index is -0.0793. The first-order valence-corrected chi connectivity index (χ1v) is 5.61. The van der Waals surface area contributed by atoms with Gasteiger partial charge in [0.15, 0.2) is 5.82 Å². The zero-order valence-electron chi connectivity index (χ0n) is 10.5. The molecule has 2 N–H and O–H groups in total. The van der Waals surface area contributed by atoms with Gasteiger partial charge in [-0.05, 0) is 12.3 Å². The predicted molar refractivity (Wildman–Crippen MR) is 63.7 cm³/mol. The first-order valence-electron chi connectivity index (χ1n) is 5.61. The summed E-state index contributed by atoms with van der Waals surface area (Å²) < 4.78 is 5.71. The Balaban J connectivity index is 2.93. The summed E-state index contributed by atoms with van der Waals surface area (Å²) in [5.41, 5.74) is 6.43. The summed E-state index contributed by atoms with van der Waals surface area (Å²) in [6.45, 7) is 9.46. The van der Waals surface area contributed by atoms with Crippen molar-refractivity contribution in [3.05, 3.63) is 23.8 Å². The monoisotopic (exact) mass is 223 g/mol. The van der Waals surface area contributed by atoms with Crippen molar-refractivity contribution in [3.8, 4) is 0 Å². The average molecular weight is 223 g/mol. The molecule has 0 saturated carbocycles. The summed E-state index contributed by atoms with van der Waals surface area (Å²) in [6.07, 6.45) is 3.45. The van der Waals surface area contributed by atoms with Gasteiger partial charge in [-0.3, -0.25) is 0 Å². The molecule has 0 spiro atoms. The molecular weight excluding hydrogens is 202 g/mol. The topological polar surface area (TPSA) is 61.0 Å². The van der Waals surface area contributed by atoms with Crippen molar-refractivity contribution in [2.75, 3.05) is 6.61 Å². The number of nitrogens with two attached hydrogens (primary N) is 1. The molecular formula is C12H21N3O. The lowest BCUT2D eigenvalue weighted by Gasteiger charge is -2.28. The van der Waals surface area contributed by atoms with Crippen LogP contribution >= 0.6 is 0 Å². The molecule has 1 rings (SSSR count). The fraction of sp³-hybridized carbons (Fsp3) is 0.667. The highest BCUT2D eigenvalue weighted by Crippen LogP contribution is 2.33. The lowest BCUT2D eigenvalue weighted by atomic mass is 9.88. The molecule has 4 nitrogen and oxygen atoms in total. The highest BCUT2D eigenvalue weighted by Gasteiger charge is 2.29. The van der Waals surface area contributed by atoms with Crippen LogP contribution < -0.4 is 5.73 Å². The third-order valence-corrected chi connectivity index (χ3v) is 2.32. The van der Waals surface area contributed by atoms with E-state index in [1.807, 2.05) is 6.92 Å². The second-order valence-corrected chi connectivity index (χ2v) is 4.86. The first-order chi connectivity index (χ1) is 7.49. The summed E-state index contributed by atoms with van der Waals surface area (Å²) in [7, 11) is 0. The van der Waals surface area contributed by atoms with Crippen LogP contribution in [0, 0.1) is 5.41 Å². The molecule has 1 aromatic rings. The van der Waals surface area contributed by atoms with Crippen molar-refractivity contribution < 1.29 is 4.74 Å². The van der Waals surface area contributed by atoms with E-state index in [1.54, 1.807) is 12.4 Å². The maximum Gasteiger partial charge on any atom is 0.157 e. The van der Waals surface area contributed by atoms with Crippen LogP contribution in [-0.2, 0) is 11.3 Å². The first kappa shape index (κ1) is 13.1. The van der Waals surface area contributed by atoms with Gasteiger partial charge < -0.3 is 10.5 Å². The van der Waals surface area contributed by atoms with Crippen LogP contribution in [0.25, 0.3) is 0 Å². The van der Waals surface area contributed by atoms with E-state index in [-0.39, 0.29) is 11.5 Å². The summed E-state index contributed by atoms with van der Waals surface area (Å²) >= 11 is 0. The van der Waals surface area contributed by atoms with Crippen molar-refractivity contribution in [1.82, 2.24) is 9.97 Å². The second-order valence-electron chi connectivity index (χ2n) is 4.86. The van der Waals surface area contributed by atoms with Crippen molar-refractivity contribution in [3.63, 3.8) is 0 Å². The quantitative estimate of drug-likeness (QED) is 0.848. The van der Waals surface area contributed by atoms with Gasteiger partial charge in [-0.25, -0.2) is 9.97 Å². The van der Waals surface area contributed by atoms with E-state index in [4.69, 9.17) is 10.5 Å². The zero-order valence-corrected chi connectivity index (χ0v) is 10.5. The van der Waals surface area contributed by atoms with E-state index < -0.39 is 0 Å². The van der Waals surface area contributed by atoms with Crippen molar-refractivity contribution in [2.45, 2.75) is 40.3 Å². The summed E-state index contributed by atoms with van der Waals surface area (Å²) in [5.74, 6) is 0.728. The molecule has 0 radical (unpaired) electrons.